The molecular formula is C23H31NO6. The predicted molar refractivity (Wildman–Crippen MR) is 113 cm³/mol. The Kier molecular flexibility index (Phi) is 8.91. The minimum absolute atomic E-state index is 0.0744. The maximum absolute atomic E-state index is 12.8. The monoisotopic (exact) mass is 417 g/mol. The summed E-state index contributed by atoms with van der Waals surface area (Å²) in [6.07, 6.45) is -1.65. The van der Waals surface area contributed by atoms with Crippen LogP contribution in [0.4, 0.5) is 9.59 Å². The summed E-state index contributed by atoms with van der Waals surface area (Å²) in [5.41, 5.74) is -0.917. The Morgan fingerprint density at radius 3 is 1.87 bits per heavy atom. The molecule has 0 bridgehead atoms. The van der Waals surface area contributed by atoms with Gasteiger partial charge in [0, 0.05) is 12.0 Å². The Hall–Kier alpha value is -3.01. The normalized spacial score (nSPS) is 12.1. The molecule has 0 spiro atoms. The molecule has 0 aliphatic carbocycles. The van der Waals surface area contributed by atoms with Gasteiger partial charge in [-0.05, 0) is 60.1 Å². The third-order valence-electron chi connectivity index (χ3n) is 3.51. The van der Waals surface area contributed by atoms with Crippen LogP contribution in [0.5, 0.6) is 0 Å². The molecule has 0 aliphatic rings. The maximum atomic E-state index is 12.8. The van der Waals surface area contributed by atoms with E-state index >= 15 is 0 Å². The van der Waals surface area contributed by atoms with Gasteiger partial charge in [0.25, 0.3) is 0 Å². The molecule has 30 heavy (non-hydrogen) atoms. The number of amides is 2. The second-order valence-electron chi connectivity index (χ2n) is 8.58. The fourth-order valence-corrected chi connectivity index (χ4v) is 2.33. The summed E-state index contributed by atoms with van der Waals surface area (Å²) in [6, 6.07) is 8.11. The van der Waals surface area contributed by atoms with E-state index in [-0.39, 0.29) is 12.8 Å². The lowest BCUT2D eigenvalue weighted by Crippen LogP contribution is -2.52. The molecule has 1 aromatic carbocycles. The van der Waals surface area contributed by atoms with E-state index in [0.29, 0.717) is 4.90 Å². The summed E-state index contributed by atoms with van der Waals surface area (Å²) < 4.78 is 15.5. The molecule has 7 heteroatoms. The molecule has 0 aliphatic heterocycles. The fourth-order valence-electron chi connectivity index (χ4n) is 2.33. The number of carbonyl (C=O) groups excluding carboxylic acids is 3. The summed E-state index contributed by atoms with van der Waals surface area (Å²) in [7, 11) is 1.19. The minimum Gasteiger partial charge on any atom is -0.467 e. The van der Waals surface area contributed by atoms with E-state index in [2.05, 4.69) is 11.8 Å². The number of benzene rings is 1. The summed E-state index contributed by atoms with van der Waals surface area (Å²) in [5, 5.41) is 0. The SMILES string of the molecule is COC(=O)[C@H](CCC#Cc1ccccc1)N(C(=O)OC(C)(C)C)C(=O)OC(C)(C)C. The Balaban J connectivity index is 3.12. The third kappa shape index (κ3) is 8.99. The molecule has 1 aromatic rings. The van der Waals surface area contributed by atoms with E-state index in [1.807, 2.05) is 30.3 Å². The first-order valence-electron chi connectivity index (χ1n) is 9.71. The molecule has 0 unspecified atom stereocenters. The molecule has 0 heterocycles. The van der Waals surface area contributed by atoms with Crippen molar-refractivity contribution in [3.8, 4) is 11.8 Å². The van der Waals surface area contributed by atoms with Gasteiger partial charge >= 0.3 is 18.2 Å². The lowest BCUT2D eigenvalue weighted by atomic mass is 10.1. The molecule has 1 atom stereocenters. The fraction of sp³-hybridized carbons (Fsp3) is 0.522. The van der Waals surface area contributed by atoms with E-state index in [1.165, 1.54) is 7.11 Å². The summed E-state index contributed by atoms with van der Waals surface area (Å²) in [6.45, 7) is 9.98. The molecule has 0 N–H and O–H groups in total. The molecule has 0 fully saturated rings. The lowest BCUT2D eigenvalue weighted by molar-refractivity contribution is -0.146. The highest BCUT2D eigenvalue weighted by Crippen LogP contribution is 2.19. The van der Waals surface area contributed by atoms with Crippen LogP contribution in [0.15, 0.2) is 30.3 Å². The molecule has 1 rings (SSSR count). The molecule has 0 saturated carbocycles. The van der Waals surface area contributed by atoms with Crippen molar-refractivity contribution in [1.82, 2.24) is 4.90 Å². The smallest absolute Gasteiger partial charge is 0.420 e. The van der Waals surface area contributed by atoms with Gasteiger partial charge in [-0.3, -0.25) is 0 Å². The first-order valence-corrected chi connectivity index (χ1v) is 9.71. The van der Waals surface area contributed by atoms with Crippen LogP contribution in [-0.4, -0.2) is 47.4 Å². The minimum atomic E-state index is -1.23. The highest BCUT2D eigenvalue weighted by Gasteiger charge is 2.40. The molecule has 0 radical (unpaired) electrons. The van der Waals surface area contributed by atoms with E-state index in [9.17, 15) is 14.4 Å². The van der Waals surface area contributed by atoms with Gasteiger partial charge in [-0.25, -0.2) is 14.4 Å². The Labute approximate surface area is 178 Å². The van der Waals surface area contributed by atoms with Crippen LogP contribution in [0.1, 0.15) is 59.9 Å². The standard InChI is InChI=1S/C23H31NO6/c1-22(2,3)29-20(26)24(21(27)30-23(4,5)6)18(19(25)28-7)16-12-11-15-17-13-9-8-10-14-17/h8-10,13-14,18H,12,16H2,1-7H3/t18-/m0/s1. The zero-order valence-corrected chi connectivity index (χ0v) is 18.8. The number of ether oxygens (including phenoxy) is 3. The van der Waals surface area contributed by atoms with Gasteiger partial charge in [0.05, 0.1) is 7.11 Å². The predicted octanol–water partition coefficient (Wildman–Crippen LogP) is 4.53. The molecule has 0 saturated heterocycles. The summed E-state index contributed by atoms with van der Waals surface area (Å²) in [5.74, 6) is 5.17. The van der Waals surface area contributed by atoms with Crippen LogP contribution in [0, 0.1) is 11.8 Å². The first-order chi connectivity index (χ1) is 13.8. The first kappa shape index (κ1) is 25.0. The lowest BCUT2D eigenvalue weighted by Gasteiger charge is -2.32. The van der Waals surface area contributed by atoms with Crippen LogP contribution >= 0.6 is 0 Å². The second kappa shape index (κ2) is 10.7. The number of hydrogen-bond acceptors (Lipinski definition) is 6. The molecule has 7 nitrogen and oxygen atoms in total. The number of rotatable bonds is 4. The average Bonchev–Trinajstić information content (AvgIpc) is 2.61. The van der Waals surface area contributed by atoms with E-state index in [4.69, 9.17) is 14.2 Å². The third-order valence-corrected chi connectivity index (χ3v) is 3.51. The van der Waals surface area contributed by atoms with Crippen molar-refractivity contribution in [3.63, 3.8) is 0 Å². The zero-order valence-electron chi connectivity index (χ0n) is 18.8. The van der Waals surface area contributed by atoms with Gasteiger partial charge < -0.3 is 14.2 Å². The number of esters is 1. The second-order valence-corrected chi connectivity index (χ2v) is 8.58. The number of nitrogens with zero attached hydrogens (tertiary/aromatic N) is 1. The van der Waals surface area contributed by atoms with Crippen molar-refractivity contribution in [1.29, 1.82) is 0 Å². The Morgan fingerprint density at radius 2 is 1.43 bits per heavy atom. The van der Waals surface area contributed by atoms with Gasteiger partial charge in [-0.15, -0.1) is 0 Å². The number of methoxy groups -OCH3 is 1. The molecule has 2 amide bonds. The topological polar surface area (TPSA) is 82.1 Å². The van der Waals surface area contributed by atoms with E-state index in [0.717, 1.165) is 5.56 Å². The van der Waals surface area contributed by atoms with Crippen molar-refractivity contribution in [3.05, 3.63) is 35.9 Å². The van der Waals surface area contributed by atoms with Gasteiger partial charge in [0.2, 0.25) is 0 Å². The summed E-state index contributed by atoms with van der Waals surface area (Å²) in [4.78, 5) is 38.6. The molecule has 0 aromatic heterocycles. The van der Waals surface area contributed by atoms with E-state index in [1.54, 1.807) is 41.5 Å². The Morgan fingerprint density at radius 1 is 0.933 bits per heavy atom. The Bertz CT molecular complexity index is 765. The van der Waals surface area contributed by atoms with Gasteiger partial charge in [0.15, 0.2) is 0 Å². The van der Waals surface area contributed by atoms with Crippen LogP contribution in [0.2, 0.25) is 0 Å². The van der Waals surface area contributed by atoms with Crippen molar-refractivity contribution < 1.29 is 28.6 Å². The number of imide groups is 1. The van der Waals surface area contributed by atoms with Gasteiger partial charge in [-0.1, -0.05) is 30.0 Å². The van der Waals surface area contributed by atoms with Crippen molar-refractivity contribution in [2.75, 3.05) is 7.11 Å². The number of hydrogen-bond donors (Lipinski definition) is 0. The quantitative estimate of drug-likeness (QED) is 0.407. The van der Waals surface area contributed by atoms with Crippen LogP contribution in [-0.2, 0) is 19.0 Å². The van der Waals surface area contributed by atoms with Crippen LogP contribution in [0.25, 0.3) is 0 Å². The molecular weight excluding hydrogens is 386 g/mol. The van der Waals surface area contributed by atoms with Crippen LogP contribution < -0.4 is 0 Å². The van der Waals surface area contributed by atoms with Crippen molar-refractivity contribution in [2.24, 2.45) is 0 Å². The highest BCUT2D eigenvalue weighted by molar-refractivity contribution is 5.94. The van der Waals surface area contributed by atoms with Crippen LogP contribution in [0.3, 0.4) is 0 Å². The zero-order chi connectivity index (χ0) is 22.9. The highest BCUT2D eigenvalue weighted by atomic mass is 16.6. The van der Waals surface area contributed by atoms with Crippen molar-refractivity contribution in [2.45, 2.75) is 71.6 Å². The summed E-state index contributed by atoms with van der Waals surface area (Å²) >= 11 is 0. The molecule has 164 valence electrons. The largest absolute Gasteiger partial charge is 0.467 e. The number of carbonyl (C=O) groups is 3. The van der Waals surface area contributed by atoms with Crippen molar-refractivity contribution >= 4 is 18.2 Å². The van der Waals surface area contributed by atoms with Gasteiger partial charge in [-0.2, -0.15) is 4.90 Å². The average molecular weight is 418 g/mol. The van der Waals surface area contributed by atoms with E-state index < -0.39 is 35.4 Å². The maximum Gasteiger partial charge on any atom is 0.420 e. The van der Waals surface area contributed by atoms with Gasteiger partial charge in [0.1, 0.15) is 17.2 Å².